The molecular weight excluding hydrogens is 286 g/mol. The first-order chi connectivity index (χ1) is 9.41. The van der Waals surface area contributed by atoms with E-state index in [1.54, 1.807) is 6.20 Å². The molecule has 0 radical (unpaired) electrons. The molecule has 1 N–H and O–H groups in total. The molecule has 9 nitrogen and oxygen atoms in total. The number of pyridine rings is 1. The molecular formula is C10H11N5O4S. The minimum atomic E-state index is -3.75. The Labute approximate surface area is 114 Å². The van der Waals surface area contributed by atoms with Crippen molar-refractivity contribution in [2.24, 2.45) is 0 Å². The summed E-state index contributed by atoms with van der Waals surface area (Å²) in [6.07, 6.45) is 4.07. The third-order valence-corrected chi connectivity index (χ3v) is 4.36. The third-order valence-electron chi connectivity index (χ3n) is 2.58. The van der Waals surface area contributed by atoms with Crippen LogP contribution in [0.15, 0.2) is 35.6 Å². The van der Waals surface area contributed by atoms with Crippen LogP contribution in [-0.4, -0.2) is 39.9 Å². The van der Waals surface area contributed by atoms with Crippen molar-refractivity contribution in [3.05, 3.63) is 46.4 Å². The number of sulfonamides is 1. The number of nitrogens with one attached hydrogen (secondary N) is 1. The Morgan fingerprint density at radius 2 is 2.15 bits per heavy atom. The quantitative estimate of drug-likeness (QED) is 0.634. The summed E-state index contributed by atoms with van der Waals surface area (Å²) in [6, 6.07) is 2.21. The molecule has 10 heteroatoms. The van der Waals surface area contributed by atoms with Gasteiger partial charge in [0.2, 0.25) is 10.0 Å². The normalized spacial score (nSPS) is 11.7. The van der Waals surface area contributed by atoms with Crippen LogP contribution in [0.4, 0.5) is 5.82 Å². The van der Waals surface area contributed by atoms with Gasteiger partial charge < -0.3 is 10.1 Å². The van der Waals surface area contributed by atoms with Crippen molar-refractivity contribution in [3.63, 3.8) is 0 Å². The lowest BCUT2D eigenvalue weighted by molar-refractivity contribution is -0.389. The van der Waals surface area contributed by atoms with Crippen LogP contribution in [0.2, 0.25) is 0 Å². The Morgan fingerprint density at radius 1 is 1.40 bits per heavy atom. The van der Waals surface area contributed by atoms with Gasteiger partial charge >= 0.3 is 5.82 Å². The Bertz CT molecular complexity index is 696. The highest BCUT2D eigenvalue weighted by Crippen LogP contribution is 2.17. The van der Waals surface area contributed by atoms with Crippen LogP contribution in [0.3, 0.4) is 0 Å². The van der Waals surface area contributed by atoms with Crippen molar-refractivity contribution >= 4 is 15.8 Å². The molecule has 0 saturated heterocycles. The molecule has 0 aliphatic heterocycles. The molecule has 0 atom stereocenters. The predicted molar refractivity (Wildman–Crippen MR) is 68.1 cm³/mol. The lowest BCUT2D eigenvalue weighted by atomic mass is 10.4. The van der Waals surface area contributed by atoms with Crippen LogP contribution in [0.1, 0.15) is 5.56 Å². The lowest BCUT2D eigenvalue weighted by Gasteiger charge is -2.15. The van der Waals surface area contributed by atoms with Crippen molar-refractivity contribution in [3.8, 4) is 0 Å². The van der Waals surface area contributed by atoms with Crippen LogP contribution in [0.5, 0.6) is 0 Å². The molecule has 2 rings (SSSR count). The molecule has 2 aromatic heterocycles. The predicted octanol–water partition coefficient (Wildman–Crippen LogP) is 0.534. The zero-order valence-corrected chi connectivity index (χ0v) is 11.2. The highest BCUT2D eigenvalue weighted by molar-refractivity contribution is 7.89. The fourth-order valence-electron chi connectivity index (χ4n) is 1.52. The van der Waals surface area contributed by atoms with Crippen molar-refractivity contribution < 1.29 is 13.3 Å². The fourth-order valence-corrected chi connectivity index (χ4v) is 2.62. The second kappa shape index (κ2) is 5.35. The Kier molecular flexibility index (Phi) is 3.77. The summed E-state index contributed by atoms with van der Waals surface area (Å²) in [5.74, 6) is -0.401. The van der Waals surface area contributed by atoms with Crippen molar-refractivity contribution in [1.29, 1.82) is 0 Å². The molecule has 0 fully saturated rings. The van der Waals surface area contributed by atoms with E-state index in [0.717, 1.165) is 22.6 Å². The summed E-state index contributed by atoms with van der Waals surface area (Å²) < 4.78 is 25.6. The summed E-state index contributed by atoms with van der Waals surface area (Å²) in [6.45, 7) is 0.135. The minimum absolute atomic E-state index is 0.103. The van der Waals surface area contributed by atoms with Crippen LogP contribution in [0, 0.1) is 10.1 Å². The van der Waals surface area contributed by atoms with Crippen molar-refractivity contribution in [2.45, 2.75) is 11.4 Å². The fraction of sp³-hybridized carbons (Fsp3) is 0.200. The number of hydrogen-bond acceptors (Lipinski definition) is 6. The maximum Gasteiger partial charge on any atom is 0.363 e. The maximum atomic E-state index is 12.2. The molecule has 2 aromatic rings. The van der Waals surface area contributed by atoms with Gasteiger partial charge in [0, 0.05) is 31.4 Å². The van der Waals surface area contributed by atoms with E-state index >= 15 is 0 Å². The first-order valence-corrected chi connectivity index (χ1v) is 6.89. The average molecular weight is 297 g/mol. The van der Waals surface area contributed by atoms with Crippen LogP contribution in [0.25, 0.3) is 0 Å². The molecule has 0 aliphatic carbocycles. The number of nitro groups is 1. The molecule has 0 amide bonds. The van der Waals surface area contributed by atoms with Gasteiger partial charge in [0.1, 0.15) is 4.90 Å². The van der Waals surface area contributed by atoms with E-state index in [1.165, 1.54) is 13.2 Å². The van der Waals surface area contributed by atoms with Gasteiger partial charge in [-0.15, -0.1) is 0 Å². The summed E-state index contributed by atoms with van der Waals surface area (Å²) >= 11 is 0. The first-order valence-electron chi connectivity index (χ1n) is 5.45. The van der Waals surface area contributed by atoms with Crippen LogP contribution in [-0.2, 0) is 16.6 Å². The van der Waals surface area contributed by atoms with Crippen molar-refractivity contribution in [1.82, 2.24) is 19.5 Å². The average Bonchev–Trinajstić information content (AvgIpc) is 2.91. The van der Waals surface area contributed by atoms with Crippen LogP contribution < -0.4 is 0 Å². The summed E-state index contributed by atoms with van der Waals surface area (Å²) in [5, 5.41) is 16.8. The van der Waals surface area contributed by atoms with Gasteiger partial charge in [-0.1, -0.05) is 0 Å². The van der Waals surface area contributed by atoms with Gasteiger partial charge in [0.05, 0.1) is 6.20 Å². The molecule has 0 bridgehead atoms. The molecule has 0 unspecified atom stereocenters. The minimum Gasteiger partial charge on any atom is -0.358 e. The lowest BCUT2D eigenvalue weighted by Crippen LogP contribution is -2.26. The van der Waals surface area contributed by atoms with E-state index in [0.29, 0.717) is 5.56 Å². The molecule has 0 aromatic carbocycles. The monoisotopic (exact) mass is 297 g/mol. The van der Waals surface area contributed by atoms with E-state index in [9.17, 15) is 18.5 Å². The molecule has 106 valence electrons. The zero-order valence-electron chi connectivity index (χ0n) is 10.4. The SMILES string of the molecule is CN(Cc1cn[nH]c1)S(=O)(=O)c1ccc([N+](=O)[O-])nc1. The number of rotatable bonds is 5. The zero-order chi connectivity index (χ0) is 14.8. The molecule has 0 spiro atoms. The van der Waals surface area contributed by atoms with Crippen molar-refractivity contribution in [2.75, 3.05) is 7.05 Å². The summed E-state index contributed by atoms with van der Waals surface area (Å²) in [5.41, 5.74) is 0.700. The summed E-state index contributed by atoms with van der Waals surface area (Å²) in [4.78, 5) is 13.2. The van der Waals surface area contributed by atoms with Gasteiger partial charge in [0.15, 0.2) is 6.20 Å². The Balaban J connectivity index is 2.23. The topological polar surface area (TPSA) is 122 Å². The number of aromatic amines is 1. The smallest absolute Gasteiger partial charge is 0.358 e. The van der Waals surface area contributed by atoms with E-state index in [1.807, 2.05) is 0 Å². The van der Waals surface area contributed by atoms with Gasteiger partial charge in [-0.25, -0.2) is 8.42 Å². The standard InChI is InChI=1S/C10H11N5O4S/c1-14(7-8-4-12-13-5-8)20(18,19)9-2-3-10(11-6-9)15(16)17/h2-6H,7H2,1H3,(H,12,13). The van der Waals surface area contributed by atoms with Gasteiger partial charge in [-0.05, 0) is 16.0 Å². The van der Waals surface area contributed by atoms with E-state index < -0.39 is 20.8 Å². The first kappa shape index (κ1) is 14.1. The van der Waals surface area contributed by atoms with Gasteiger partial charge in [0.25, 0.3) is 0 Å². The van der Waals surface area contributed by atoms with Crippen LogP contribution >= 0.6 is 0 Å². The molecule has 0 aliphatic rings. The van der Waals surface area contributed by atoms with E-state index in [2.05, 4.69) is 15.2 Å². The highest BCUT2D eigenvalue weighted by atomic mass is 32.2. The summed E-state index contributed by atoms with van der Waals surface area (Å²) in [7, 11) is -2.34. The maximum absolute atomic E-state index is 12.2. The molecule has 2 heterocycles. The Hall–Kier alpha value is -2.33. The molecule has 0 saturated carbocycles. The molecule has 20 heavy (non-hydrogen) atoms. The second-order valence-corrected chi connectivity index (χ2v) is 6.02. The number of nitrogens with zero attached hydrogens (tertiary/aromatic N) is 4. The van der Waals surface area contributed by atoms with Gasteiger partial charge in [-0.2, -0.15) is 9.40 Å². The van der Waals surface area contributed by atoms with E-state index in [-0.39, 0.29) is 11.4 Å². The number of H-pyrrole nitrogens is 1. The third kappa shape index (κ3) is 2.81. The highest BCUT2D eigenvalue weighted by Gasteiger charge is 2.23. The largest absolute Gasteiger partial charge is 0.363 e. The Morgan fingerprint density at radius 3 is 2.65 bits per heavy atom. The van der Waals surface area contributed by atoms with E-state index in [4.69, 9.17) is 0 Å². The van der Waals surface area contributed by atoms with Gasteiger partial charge in [-0.3, -0.25) is 5.10 Å². The number of aromatic nitrogens is 3. The number of hydrogen-bond donors (Lipinski definition) is 1. The second-order valence-electron chi connectivity index (χ2n) is 3.98.